The maximum atomic E-state index is 13.7. The third-order valence-corrected chi connectivity index (χ3v) is 5.18. The van der Waals surface area contributed by atoms with Gasteiger partial charge in [-0.2, -0.15) is 4.98 Å². The number of halogens is 2. The van der Waals surface area contributed by atoms with E-state index in [2.05, 4.69) is 15.5 Å². The highest BCUT2D eigenvalue weighted by atomic mass is 19.1. The molecule has 3 aromatic rings. The van der Waals surface area contributed by atoms with Crippen molar-refractivity contribution in [1.29, 1.82) is 0 Å². The zero-order valence-electron chi connectivity index (χ0n) is 16.4. The Kier molecular flexibility index (Phi) is 6.13. The molecule has 1 saturated heterocycles. The van der Waals surface area contributed by atoms with Gasteiger partial charge in [0.25, 0.3) is 0 Å². The summed E-state index contributed by atoms with van der Waals surface area (Å²) in [7, 11) is 0. The maximum Gasteiger partial charge on any atom is 0.234 e. The third-order valence-electron chi connectivity index (χ3n) is 5.18. The molecule has 0 bridgehead atoms. The topological polar surface area (TPSA) is 71.3 Å². The van der Waals surface area contributed by atoms with Crippen LogP contribution >= 0.6 is 0 Å². The second-order valence-corrected chi connectivity index (χ2v) is 7.41. The summed E-state index contributed by atoms with van der Waals surface area (Å²) < 4.78 is 32.5. The van der Waals surface area contributed by atoms with Gasteiger partial charge in [0.05, 0.1) is 12.5 Å². The molecule has 30 heavy (non-hydrogen) atoms. The van der Waals surface area contributed by atoms with E-state index in [4.69, 9.17) is 4.52 Å². The smallest absolute Gasteiger partial charge is 0.234 e. The van der Waals surface area contributed by atoms with Crippen molar-refractivity contribution in [1.82, 2.24) is 20.4 Å². The van der Waals surface area contributed by atoms with E-state index in [1.54, 1.807) is 30.3 Å². The van der Waals surface area contributed by atoms with Crippen LogP contribution in [0.2, 0.25) is 0 Å². The van der Waals surface area contributed by atoms with Crippen molar-refractivity contribution in [2.75, 3.05) is 19.6 Å². The Balaban J connectivity index is 1.33. The van der Waals surface area contributed by atoms with E-state index in [1.807, 2.05) is 4.90 Å². The average Bonchev–Trinajstić information content (AvgIpc) is 3.24. The number of nitrogens with one attached hydrogen (secondary N) is 1. The van der Waals surface area contributed by atoms with Gasteiger partial charge in [-0.3, -0.25) is 9.69 Å². The first-order chi connectivity index (χ1) is 14.6. The molecule has 2 aromatic carbocycles. The molecule has 1 aliphatic rings. The number of nitrogens with zero attached hydrogens (tertiary/aromatic N) is 3. The van der Waals surface area contributed by atoms with Crippen LogP contribution in [0.15, 0.2) is 53.1 Å². The Morgan fingerprint density at radius 3 is 2.90 bits per heavy atom. The lowest BCUT2D eigenvalue weighted by molar-refractivity contribution is -0.122. The summed E-state index contributed by atoms with van der Waals surface area (Å²) in [6.07, 6.45) is 1.76. The van der Waals surface area contributed by atoms with Crippen molar-refractivity contribution in [3.8, 4) is 11.4 Å². The van der Waals surface area contributed by atoms with Gasteiger partial charge < -0.3 is 9.84 Å². The van der Waals surface area contributed by atoms with Crippen LogP contribution < -0.4 is 5.32 Å². The number of amides is 1. The quantitative estimate of drug-likeness (QED) is 0.671. The molecule has 1 fully saturated rings. The van der Waals surface area contributed by atoms with Gasteiger partial charge in [-0.25, -0.2) is 8.78 Å². The van der Waals surface area contributed by atoms with E-state index < -0.39 is 0 Å². The summed E-state index contributed by atoms with van der Waals surface area (Å²) in [6, 6.07) is 12.4. The van der Waals surface area contributed by atoms with Crippen molar-refractivity contribution < 1.29 is 18.1 Å². The van der Waals surface area contributed by atoms with Gasteiger partial charge in [-0.1, -0.05) is 35.5 Å². The monoisotopic (exact) mass is 412 g/mol. The molecule has 2 heterocycles. The number of carbonyl (C=O) groups excluding carboxylic acids is 1. The summed E-state index contributed by atoms with van der Waals surface area (Å²) in [5.74, 6) is -0.00166. The molecular weight excluding hydrogens is 390 g/mol. The largest absolute Gasteiger partial charge is 0.351 e. The molecule has 156 valence electrons. The maximum absolute atomic E-state index is 13.7. The van der Waals surface area contributed by atoms with Crippen molar-refractivity contribution >= 4 is 5.91 Å². The van der Waals surface area contributed by atoms with Gasteiger partial charge in [0.1, 0.15) is 11.6 Å². The van der Waals surface area contributed by atoms with E-state index in [9.17, 15) is 13.6 Å². The van der Waals surface area contributed by atoms with Crippen LogP contribution in [0.3, 0.4) is 0 Å². The van der Waals surface area contributed by atoms with Crippen molar-refractivity contribution in [2.24, 2.45) is 0 Å². The molecule has 0 aliphatic carbocycles. The summed E-state index contributed by atoms with van der Waals surface area (Å²) >= 11 is 0. The molecule has 1 N–H and O–H groups in total. The van der Waals surface area contributed by atoms with E-state index >= 15 is 0 Å². The zero-order chi connectivity index (χ0) is 20.9. The number of benzene rings is 2. The van der Waals surface area contributed by atoms with Gasteiger partial charge in [-0.15, -0.1) is 0 Å². The standard InChI is InChI=1S/C22H22F2N4O2/c23-18-8-3-6-15(11-18)21-26-22(30-27-21)17-7-4-10-28(13-17)14-20(29)25-12-16-5-1-2-9-19(16)24/h1-3,5-6,8-9,11,17H,4,7,10,12-14H2,(H,25,29). The molecule has 0 spiro atoms. The fourth-order valence-electron chi connectivity index (χ4n) is 3.64. The van der Waals surface area contributed by atoms with Gasteiger partial charge >= 0.3 is 0 Å². The lowest BCUT2D eigenvalue weighted by atomic mass is 9.98. The van der Waals surface area contributed by atoms with E-state index in [1.165, 1.54) is 18.2 Å². The van der Waals surface area contributed by atoms with Crippen LogP contribution in [0.1, 0.15) is 30.2 Å². The molecule has 4 rings (SSSR count). The first-order valence-corrected chi connectivity index (χ1v) is 9.90. The van der Waals surface area contributed by atoms with Crippen molar-refractivity contribution in [2.45, 2.75) is 25.3 Å². The molecule has 8 heteroatoms. The van der Waals surface area contributed by atoms with Gasteiger partial charge in [0, 0.05) is 24.2 Å². The number of hydrogen-bond acceptors (Lipinski definition) is 5. The lowest BCUT2D eigenvalue weighted by Crippen LogP contribution is -2.42. The Morgan fingerprint density at radius 1 is 1.20 bits per heavy atom. The number of rotatable bonds is 6. The van der Waals surface area contributed by atoms with Crippen LogP contribution in [-0.2, 0) is 11.3 Å². The molecule has 1 amide bonds. The Bertz CT molecular complexity index is 1020. The highest BCUT2D eigenvalue weighted by molar-refractivity contribution is 5.78. The summed E-state index contributed by atoms with van der Waals surface area (Å²) in [5, 5.41) is 6.74. The van der Waals surface area contributed by atoms with Gasteiger partial charge in [-0.05, 0) is 37.6 Å². The number of likely N-dealkylation sites (tertiary alicyclic amines) is 1. The van der Waals surface area contributed by atoms with Crippen LogP contribution in [0.4, 0.5) is 8.78 Å². The Hall–Kier alpha value is -3.13. The minimum atomic E-state index is -0.357. The summed E-state index contributed by atoms with van der Waals surface area (Å²) in [5.41, 5.74) is 1.02. The first-order valence-electron chi connectivity index (χ1n) is 9.90. The normalized spacial score (nSPS) is 17.1. The summed E-state index contributed by atoms with van der Waals surface area (Å²) in [6.45, 7) is 1.77. The van der Waals surface area contributed by atoms with Gasteiger partial charge in [0.15, 0.2) is 0 Å². The second-order valence-electron chi connectivity index (χ2n) is 7.41. The van der Waals surface area contributed by atoms with Crippen molar-refractivity contribution in [3.63, 3.8) is 0 Å². The number of piperidine rings is 1. The Labute approximate surface area is 172 Å². The molecule has 1 atom stereocenters. The number of aromatic nitrogens is 2. The highest BCUT2D eigenvalue weighted by Gasteiger charge is 2.27. The lowest BCUT2D eigenvalue weighted by Gasteiger charge is -2.30. The first kappa shape index (κ1) is 20.2. The molecule has 6 nitrogen and oxygen atoms in total. The predicted octanol–water partition coefficient (Wildman–Crippen LogP) is 3.51. The van der Waals surface area contributed by atoms with Crippen molar-refractivity contribution in [3.05, 3.63) is 71.6 Å². The third kappa shape index (κ3) is 4.88. The predicted molar refractivity (Wildman–Crippen MR) is 106 cm³/mol. The van der Waals surface area contributed by atoms with Crippen LogP contribution in [0.5, 0.6) is 0 Å². The number of hydrogen-bond donors (Lipinski definition) is 1. The van der Waals surface area contributed by atoms with E-state index in [-0.39, 0.29) is 36.5 Å². The fraction of sp³-hybridized carbons (Fsp3) is 0.318. The van der Waals surface area contributed by atoms with E-state index in [0.717, 1.165) is 19.4 Å². The van der Waals surface area contributed by atoms with Gasteiger partial charge in [0.2, 0.25) is 17.6 Å². The number of carbonyl (C=O) groups is 1. The molecule has 1 aromatic heterocycles. The van der Waals surface area contributed by atoms with E-state index in [0.29, 0.717) is 29.4 Å². The molecule has 0 saturated carbocycles. The zero-order valence-corrected chi connectivity index (χ0v) is 16.4. The minimum Gasteiger partial charge on any atom is -0.351 e. The second kappa shape index (κ2) is 9.13. The molecule has 0 radical (unpaired) electrons. The molecular formula is C22H22F2N4O2. The molecule has 1 aliphatic heterocycles. The van der Waals surface area contributed by atoms with Crippen LogP contribution in [-0.4, -0.2) is 40.6 Å². The Morgan fingerprint density at radius 2 is 2.07 bits per heavy atom. The summed E-state index contributed by atoms with van der Waals surface area (Å²) in [4.78, 5) is 18.8. The van der Waals surface area contributed by atoms with Crippen LogP contribution in [0.25, 0.3) is 11.4 Å². The fourth-order valence-corrected chi connectivity index (χ4v) is 3.64. The minimum absolute atomic E-state index is 0.00734. The molecule has 1 unspecified atom stereocenters. The SMILES string of the molecule is O=C(CN1CCCC(c2nc(-c3cccc(F)c3)no2)C1)NCc1ccccc1F. The highest BCUT2D eigenvalue weighted by Crippen LogP contribution is 2.27. The van der Waals surface area contributed by atoms with Crippen LogP contribution in [0, 0.1) is 11.6 Å². The average molecular weight is 412 g/mol.